The van der Waals surface area contributed by atoms with Crippen molar-refractivity contribution in [3.05, 3.63) is 59.7 Å². The fourth-order valence-electron chi connectivity index (χ4n) is 4.67. The highest BCUT2D eigenvalue weighted by atomic mass is 16.5. The monoisotopic (exact) mass is 445 g/mol. The van der Waals surface area contributed by atoms with Crippen LogP contribution in [-0.2, 0) is 11.2 Å². The number of benzene rings is 3. The van der Waals surface area contributed by atoms with Crippen LogP contribution < -0.4 is 21.5 Å². The Morgan fingerprint density at radius 3 is 2.55 bits per heavy atom. The highest BCUT2D eigenvalue weighted by Gasteiger charge is 2.20. The zero-order valence-electron chi connectivity index (χ0n) is 19.3. The van der Waals surface area contributed by atoms with Gasteiger partial charge >= 0.3 is 5.97 Å². The van der Waals surface area contributed by atoms with Crippen LogP contribution in [0.4, 0.5) is 0 Å². The van der Waals surface area contributed by atoms with Crippen molar-refractivity contribution in [1.29, 1.82) is 0 Å². The number of hydrogen-bond acceptors (Lipinski definition) is 5. The van der Waals surface area contributed by atoms with Gasteiger partial charge in [0.15, 0.2) is 0 Å². The fourth-order valence-corrected chi connectivity index (χ4v) is 4.67. The third kappa shape index (κ3) is 5.61. The molecule has 3 aromatic carbocycles. The molecule has 174 valence electrons. The van der Waals surface area contributed by atoms with Crippen LogP contribution in [0, 0.1) is 0 Å². The third-order valence-corrected chi connectivity index (χ3v) is 6.48. The molecule has 0 aliphatic heterocycles. The summed E-state index contributed by atoms with van der Waals surface area (Å²) in [7, 11) is 0. The van der Waals surface area contributed by atoms with Crippen molar-refractivity contribution in [2.45, 2.75) is 51.0 Å². The molecule has 1 aliphatic carbocycles. The maximum Gasteiger partial charge on any atom is 0.328 e. The van der Waals surface area contributed by atoms with Crippen LogP contribution in [-0.4, -0.2) is 31.6 Å². The predicted octanol–water partition coefficient (Wildman–Crippen LogP) is 4.68. The number of carbonyl (C=O) groups excluding carboxylic acids is 1. The van der Waals surface area contributed by atoms with Crippen LogP contribution in [0.25, 0.3) is 27.6 Å². The summed E-state index contributed by atoms with van der Waals surface area (Å²) in [5.41, 5.74) is 13.9. The molecule has 0 amide bonds. The molecule has 1 atom stereocenters. The average molecular weight is 446 g/mol. The summed E-state index contributed by atoms with van der Waals surface area (Å²) >= 11 is 0. The van der Waals surface area contributed by atoms with Crippen LogP contribution in [0.5, 0.6) is 5.75 Å². The van der Waals surface area contributed by atoms with Gasteiger partial charge < -0.3 is 21.5 Å². The molecule has 0 saturated heterocycles. The number of ether oxygens (including phenoxy) is 1. The Morgan fingerprint density at radius 1 is 0.909 bits per heavy atom. The molecular formula is C28H35N3O2. The number of nitrogens with one attached hydrogen (secondary N) is 1. The zero-order valence-corrected chi connectivity index (χ0v) is 19.3. The fraction of sp³-hybridized carbons (Fsp3) is 0.393. The average Bonchev–Trinajstić information content (AvgIpc) is 3.32. The molecule has 0 radical (unpaired) electrons. The number of nitrogens with two attached hydrogens (primary N) is 2. The van der Waals surface area contributed by atoms with Gasteiger partial charge in [0.1, 0.15) is 11.8 Å². The number of hydrogen-bond donors (Lipinski definition) is 3. The molecular weight excluding hydrogens is 410 g/mol. The lowest BCUT2D eigenvalue weighted by Gasteiger charge is -2.18. The summed E-state index contributed by atoms with van der Waals surface area (Å²) in [5.74, 6) is 0.339. The first-order valence-electron chi connectivity index (χ1n) is 12.2. The first-order chi connectivity index (χ1) is 16.2. The molecule has 5 N–H and O–H groups in total. The van der Waals surface area contributed by atoms with Crippen molar-refractivity contribution in [3.8, 4) is 5.75 Å². The minimum absolute atomic E-state index is 0.241. The Kier molecular flexibility index (Phi) is 8.10. The topological polar surface area (TPSA) is 90.4 Å². The molecule has 4 rings (SSSR count). The van der Waals surface area contributed by atoms with E-state index in [1.54, 1.807) is 0 Å². The predicted molar refractivity (Wildman–Crippen MR) is 137 cm³/mol. The van der Waals surface area contributed by atoms with E-state index in [1.807, 2.05) is 12.1 Å². The Bertz CT molecular complexity index is 1140. The number of rotatable bonds is 12. The maximum atomic E-state index is 12.9. The number of allylic oxidation sites excluding steroid dienone is 1. The zero-order chi connectivity index (χ0) is 23.0. The van der Waals surface area contributed by atoms with Crippen molar-refractivity contribution in [2.24, 2.45) is 11.5 Å². The number of esters is 1. The van der Waals surface area contributed by atoms with Gasteiger partial charge in [0.2, 0.25) is 0 Å². The molecule has 0 saturated carbocycles. The van der Waals surface area contributed by atoms with Crippen molar-refractivity contribution in [1.82, 2.24) is 5.32 Å². The van der Waals surface area contributed by atoms with Crippen LogP contribution in [0.2, 0.25) is 0 Å². The van der Waals surface area contributed by atoms with E-state index in [0.29, 0.717) is 18.7 Å². The maximum absolute atomic E-state index is 12.9. The van der Waals surface area contributed by atoms with Crippen molar-refractivity contribution >= 4 is 33.6 Å². The molecule has 33 heavy (non-hydrogen) atoms. The van der Waals surface area contributed by atoms with Gasteiger partial charge in [0.25, 0.3) is 0 Å². The summed E-state index contributed by atoms with van der Waals surface area (Å²) < 4.78 is 5.79. The second-order valence-electron chi connectivity index (χ2n) is 8.85. The van der Waals surface area contributed by atoms with Gasteiger partial charge in [0, 0.05) is 0 Å². The molecule has 5 heteroatoms. The molecule has 0 aromatic heterocycles. The van der Waals surface area contributed by atoms with Crippen molar-refractivity contribution in [3.63, 3.8) is 0 Å². The van der Waals surface area contributed by atoms with Gasteiger partial charge in [0.05, 0.1) is 0 Å². The Balaban J connectivity index is 1.45. The lowest BCUT2D eigenvalue weighted by Crippen LogP contribution is -2.40. The summed E-state index contributed by atoms with van der Waals surface area (Å²) in [5, 5.41) is 8.16. The number of unbranched alkanes of at least 4 members (excludes halogenated alkanes) is 3. The second kappa shape index (κ2) is 11.4. The van der Waals surface area contributed by atoms with Gasteiger partial charge in [-0.15, -0.1) is 0 Å². The van der Waals surface area contributed by atoms with Crippen LogP contribution in [0.1, 0.15) is 49.7 Å². The molecule has 0 unspecified atom stereocenters. The number of carbonyl (C=O) groups is 1. The van der Waals surface area contributed by atoms with E-state index >= 15 is 0 Å². The van der Waals surface area contributed by atoms with Gasteiger partial charge in [-0.05, 0) is 96.5 Å². The molecule has 1 aliphatic rings. The summed E-state index contributed by atoms with van der Waals surface area (Å²) in [4.78, 5) is 12.9. The van der Waals surface area contributed by atoms with Gasteiger partial charge in [-0.1, -0.05) is 55.3 Å². The van der Waals surface area contributed by atoms with Crippen LogP contribution >= 0.6 is 0 Å². The molecule has 3 aromatic rings. The first kappa shape index (κ1) is 23.4. The Morgan fingerprint density at radius 2 is 1.70 bits per heavy atom. The molecule has 0 spiro atoms. The second-order valence-corrected chi connectivity index (χ2v) is 8.85. The van der Waals surface area contributed by atoms with Gasteiger partial charge in [-0.2, -0.15) is 0 Å². The standard InChI is InChI=1S/C28H35N3O2/c29-16-3-1-2-4-18-31-27(9-6-17-30)28(32)33-22-12-15-24-21(19-22)11-14-25-23-8-5-7-20(23)10-13-26(24)25/h5,7,10-15,19,27,31H,1-4,6,8-9,16-18,29-30H2/t27-/m0/s1. The number of fused-ring (bicyclic) bond motifs is 5. The normalized spacial score (nSPS) is 13.5. The van der Waals surface area contributed by atoms with Crippen molar-refractivity contribution in [2.75, 3.05) is 19.6 Å². The minimum atomic E-state index is -0.342. The summed E-state index contributed by atoms with van der Waals surface area (Å²) in [6.07, 6.45) is 11.2. The minimum Gasteiger partial charge on any atom is -0.425 e. The molecule has 0 bridgehead atoms. The molecule has 5 nitrogen and oxygen atoms in total. The summed E-state index contributed by atoms with van der Waals surface area (Å²) in [6, 6.07) is 14.3. The Labute approximate surface area is 196 Å². The molecule has 0 heterocycles. The van der Waals surface area contributed by atoms with E-state index in [0.717, 1.165) is 57.0 Å². The van der Waals surface area contributed by atoms with Gasteiger partial charge in [-0.25, -0.2) is 4.79 Å². The van der Waals surface area contributed by atoms with E-state index < -0.39 is 0 Å². The van der Waals surface area contributed by atoms with Crippen molar-refractivity contribution < 1.29 is 9.53 Å². The van der Waals surface area contributed by atoms with E-state index in [-0.39, 0.29) is 12.0 Å². The van der Waals surface area contributed by atoms with Gasteiger partial charge in [-0.3, -0.25) is 0 Å². The SMILES string of the molecule is NCCCCCCN[C@@H](CCCN)C(=O)Oc1ccc2c(ccc3c4c(ccc32)C=CC4)c1. The van der Waals surface area contributed by atoms with E-state index in [2.05, 4.69) is 47.8 Å². The third-order valence-electron chi connectivity index (χ3n) is 6.48. The highest BCUT2D eigenvalue weighted by molar-refractivity contribution is 6.10. The van der Waals surface area contributed by atoms with Crippen LogP contribution in [0.15, 0.2) is 48.5 Å². The van der Waals surface area contributed by atoms with E-state index in [1.165, 1.54) is 27.3 Å². The van der Waals surface area contributed by atoms with E-state index in [4.69, 9.17) is 16.2 Å². The van der Waals surface area contributed by atoms with E-state index in [9.17, 15) is 4.79 Å². The lowest BCUT2D eigenvalue weighted by atomic mass is 9.96. The quantitative estimate of drug-likeness (QED) is 0.163. The Hall–Kier alpha value is -2.73. The molecule has 0 fully saturated rings. The highest BCUT2D eigenvalue weighted by Crippen LogP contribution is 2.34. The lowest BCUT2D eigenvalue weighted by molar-refractivity contribution is -0.137. The van der Waals surface area contributed by atoms with Crippen LogP contribution in [0.3, 0.4) is 0 Å². The largest absolute Gasteiger partial charge is 0.425 e. The smallest absolute Gasteiger partial charge is 0.328 e. The summed E-state index contributed by atoms with van der Waals surface area (Å²) in [6.45, 7) is 2.09. The first-order valence-corrected chi connectivity index (χ1v) is 12.2.